The summed E-state index contributed by atoms with van der Waals surface area (Å²) in [5.74, 6) is 0.696. The zero-order chi connectivity index (χ0) is 26.5. The van der Waals surface area contributed by atoms with E-state index in [1.54, 1.807) is 0 Å². The predicted molar refractivity (Wildman–Crippen MR) is 148 cm³/mol. The van der Waals surface area contributed by atoms with Gasteiger partial charge in [-0.3, -0.25) is 9.69 Å². The van der Waals surface area contributed by atoms with Crippen LogP contribution in [0.3, 0.4) is 0 Å². The zero-order valence-corrected chi connectivity index (χ0v) is 23.0. The van der Waals surface area contributed by atoms with Crippen LogP contribution in [0.25, 0.3) is 10.9 Å². The third-order valence-corrected chi connectivity index (χ3v) is 7.59. The van der Waals surface area contributed by atoms with E-state index in [4.69, 9.17) is 0 Å². The average molecular weight is 500 g/mol. The van der Waals surface area contributed by atoms with E-state index in [0.717, 1.165) is 42.6 Å². The maximum Gasteiger partial charge on any atom is 0.253 e. The lowest BCUT2D eigenvalue weighted by atomic mass is 9.99. The first-order chi connectivity index (χ1) is 17.5. The standard InChI is InChI=1S/C29H37N7O/c1-18-15-20(3)25-22(16-18)17-23(28(37)30-25)26(27-31-32-33-36(27)29(5,6)7)35-13-11-34(12-14-35)24-10-8-9-19(2)21(24)4/h8-10,15-17,26H,11-14H2,1-7H3,(H,30,37)/t26-/m1/s1. The van der Waals surface area contributed by atoms with Crippen molar-refractivity contribution in [3.8, 4) is 0 Å². The second-order valence-corrected chi connectivity index (χ2v) is 11.4. The van der Waals surface area contributed by atoms with Gasteiger partial charge in [0.05, 0.1) is 11.1 Å². The van der Waals surface area contributed by atoms with Crippen LogP contribution < -0.4 is 10.5 Å². The highest BCUT2D eigenvalue weighted by Crippen LogP contribution is 2.32. The van der Waals surface area contributed by atoms with Crippen molar-refractivity contribution in [2.45, 2.75) is 60.0 Å². The van der Waals surface area contributed by atoms with Crippen LogP contribution in [-0.2, 0) is 5.54 Å². The van der Waals surface area contributed by atoms with Gasteiger partial charge in [-0.1, -0.05) is 23.8 Å². The van der Waals surface area contributed by atoms with Gasteiger partial charge < -0.3 is 9.88 Å². The van der Waals surface area contributed by atoms with E-state index in [-0.39, 0.29) is 17.1 Å². The summed E-state index contributed by atoms with van der Waals surface area (Å²) in [7, 11) is 0. The lowest BCUT2D eigenvalue weighted by Gasteiger charge is -2.40. The van der Waals surface area contributed by atoms with E-state index in [9.17, 15) is 4.79 Å². The van der Waals surface area contributed by atoms with Gasteiger partial charge in [-0.15, -0.1) is 5.10 Å². The van der Waals surface area contributed by atoms with Crippen LogP contribution in [-0.4, -0.2) is 56.3 Å². The highest BCUT2D eigenvalue weighted by atomic mass is 16.1. The number of aryl methyl sites for hydroxylation is 3. The fourth-order valence-corrected chi connectivity index (χ4v) is 5.55. The summed E-state index contributed by atoms with van der Waals surface area (Å²) in [4.78, 5) is 21.6. The Hall–Kier alpha value is -3.52. The number of H-pyrrole nitrogens is 1. The SMILES string of the molecule is Cc1cc(C)c2[nH]c(=O)c([C@H](c3nnnn3C(C)(C)C)N3CCN(c4cccc(C)c4C)CC3)cc2c1. The summed E-state index contributed by atoms with van der Waals surface area (Å²) >= 11 is 0. The van der Waals surface area contributed by atoms with E-state index >= 15 is 0 Å². The minimum Gasteiger partial charge on any atom is -0.369 e. The molecule has 3 heterocycles. The summed E-state index contributed by atoms with van der Waals surface area (Å²) in [5, 5.41) is 13.9. The van der Waals surface area contributed by atoms with Crippen LogP contribution in [0.5, 0.6) is 0 Å². The number of aromatic nitrogens is 5. The molecule has 194 valence electrons. The van der Waals surface area contributed by atoms with Gasteiger partial charge in [0.1, 0.15) is 6.04 Å². The second kappa shape index (κ2) is 9.41. The molecule has 2 aromatic carbocycles. The maximum absolute atomic E-state index is 13.6. The van der Waals surface area contributed by atoms with Gasteiger partial charge in [-0.2, -0.15) is 0 Å². The molecule has 1 aliphatic rings. The molecule has 0 spiro atoms. The van der Waals surface area contributed by atoms with Crippen LogP contribution in [0.1, 0.15) is 60.5 Å². The summed E-state index contributed by atoms with van der Waals surface area (Å²) < 4.78 is 1.86. The molecule has 0 aliphatic carbocycles. The third-order valence-electron chi connectivity index (χ3n) is 7.59. The molecule has 0 radical (unpaired) electrons. The number of tetrazole rings is 1. The van der Waals surface area contributed by atoms with E-state index in [1.807, 2.05) is 17.7 Å². The smallest absolute Gasteiger partial charge is 0.253 e. The number of nitrogens with one attached hydrogen (secondary N) is 1. The molecular formula is C29H37N7O. The Kier molecular flexibility index (Phi) is 6.40. The molecule has 0 amide bonds. The first kappa shape index (κ1) is 25.1. The molecule has 37 heavy (non-hydrogen) atoms. The Labute approximate surface area is 218 Å². The van der Waals surface area contributed by atoms with Crippen LogP contribution in [0, 0.1) is 27.7 Å². The number of pyridine rings is 1. The normalized spacial score (nSPS) is 15.9. The summed E-state index contributed by atoms with van der Waals surface area (Å²) in [6.07, 6.45) is 0. The molecule has 1 N–H and O–H groups in total. The topological polar surface area (TPSA) is 82.9 Å². The van der Waals surface area contributed by atoms with E-state index < -0.39 is 0 Å². The van der Waals surface area contributed by atoms with Gasteiger partial charge in [0, 0.05) is 37.4 Å². The lowest BCUT2D eigenvalue weighted by Crippen LogP contribution is -2.49. The van der Waals surface area contributed by atoms with Crippen molar-refractivity contribution in [3.63, 3.8) is 0 Å². The first-order valence-corrected chi connectivity index (χ1v) is 13.0. The lowest BCUT2D eigenvalue weighted by molar-refractivity contribution is 0.190. The molecule has 0 saturated carbocycles. The Morgan fingerprint density at radius 3 is 2.38 bits per heavy atom. The Bertz CT molecular complexity index is 1500. The molecule has 1 fully saturated rings. The second-order valence-electron chi connectivity index (χ2n) is 11.4. The number of anilines is 1. The summed E-state index contributed by atoms with van der Waals surface area (Å²) in [6, 6.07) is 12.4. The van der Waals surface area contributed by atoms with Gasteiger partial charge in [0.15, 0.2) is 5.82 Å². The molecule has 8 heteroatoms. The maximum atomic E-state index is 13.6. The fraction of sp³-hybridized carbons (Fsp3) is 0.448. The summed E-state index contributed by atoms with van der Waals surface area (Å²) in [5.41, 5.74) is 7.28. The van der Waals surface area contributed by atoms with Crippen molar-refractivity contribution in [3.05, 3.63) is 80.4 Å². The minimum atomic E-state index is -0.357. The van der Waals surface area contributed by atoms with Gasteiger partial charge in [-0.05, 0) is 99.2 Å². The molecule has 2 aromatic heterocycles. The number of piperazine rings is 1. The largest absolute Gasteiger partial charge is 0.369 e. The predicted octanol–water partition coefficient (Wildman–Crippen LogP) is 4.41. The van der Waals surface area contributed by atoms with Gasteiger partial charge >= 0.3 is 0 Å². The first-order valence-electron chi connectivity index (χ1n) is 13.0. The molecular weight excluding hydrogens is 462 g/mol. The number of rotatable bonds is 4. The molecule has 5 rings (SSSR count). The van der Waals surface area contributed by atoms with Crippen molar-refractivity contribution >= 4 is 16.6 Å². The van der Waals surface area contributed by atoms with Gasteiger partial charge in [-0.25, -0.2) is 4.68 Å². The molecule has 1 saturated heterocycles. The molecule has 1 atom stereocenters. The van der Waals surface area contributed by atoms with Crippen molar-refractivity contribution in [2.75, 3.05) is 31.1 Å². The van der Waals surface area contributed by atoms with Gasteiger partial charge in [0.2, 0.25) is 0 Å². The van der Waals surface area contributed by atoms with Crippen molar-refractivity contribution in [1.29, 1.82) is 0 Å². The Balaban J connectivity index is 1.58. The van der Waals surface area contributed by atoms with Crippen LogP contribution >= 0.6 is 0 Å². The van der Waals surface area contributed by atoms with E-state index in [0.29, 0.717) is 11.4 Å². The summed E-state index contributed by atoms with van der Waals surface area (Å²) in [6.45, 7) is 18.0. The number of fused-ring (bicyclic) bond motifs is 1. The minimum absolute atomic E-state index is 0.0927. The average Bonchev–Trinajstić information content (AvgIpc) is 3.33. The van der Waals surface area contributed by atoms with Crippen molar-refractivity contribution < 1.29 is 0 Å². The Morgan fingerprint density at radius 1 is 0.946 bits per heavy atom. The number of benzene rings is 2. The number of hydrogen-bond acceptors (Lipinski definition) is 6. The van der Waals surface area contributed by atoms with Crippen LogP contribution in [0.4, 0.5) is 5.69 Å². The number of aromatic amines is 1. The van der Waals surface area contributed by atoms with Crippen LogP contribution in [0.2, 0.25) is 0 Å². The quantitative estimate of drug-likeness (QED) is 0.448. The molecule has 0 unspecified atom stereocenters. The Morgan fingerprint density at radius 2 is 1.68 bits per heavy atom. The van der Waals surface area contributed by atoms with Crippen molar-refractivity contribution in [2.24, 2.45) is 0 Å². The highest BCUT2D eigenvalue weighted by molar-refractivity contribution is 5.83. The third kappa shape index (κ3) is 4.66. The fourth-order valence-electron chi connectivity index (χ4n) is 5.55. The number of hydrogen-bond donors (Lipinski definition) is 1. The zero-order valence-electron chi connectivity index (χ0n) is 23.0. The van der Waals surface area contributed by atoms with E-state index in [2.05, 4.69) is 102 Å². The molecule has 0 bridgehead atoms. The van der Waals surface area contributed by atoms with E-state index in [1.165, 1.54) is 22.4 Å². The van der Waals surface area contributed by atoms with Gasteiger partial charge in [0.25, 0.3) is 5.56 Å². The molecule has 1 aliphatic heterocycles. The highest BCUT2D eigenvalue weighted by Gasteiger charge is 2.35. The molecule has 8 nitrogen and oxygen atoms in total. The van der Waals surface area contributed by atoms with Crippen molar-refractivity contribution in [1.82, 2.24) is 30.1 Å². The van der Waals surface area contributed by atoms with Crippen LogP contribution in [0.15, 0.2) is 41.2 Å². The number of nitrogens with zero attached hydrogens (tertiary/aromatic N) is 6. The monoisotopic (exact) mass is 499 g/mol. The molecule has 4 aromatic rings.